The average molecular weight is 325 g/mol. The summed E-state index contributed by atoms with van der Waals surface area (Å²) in [4.78, 5) is 29.0. The van der Waals surface area contributed by atoms with Gasteiger partial charge in [-0.1, -0.05) is 12.1 Å². The Bertz CT molecular complexity index is 742. The van der Waals surface area contributed by atoms with E-state index in [2.05, 4.69) is 15.6 Å². The maximum Gasteiger partial charge on any atom is 0.240 e. The second-order valence-corrected chi connectivity index (χ2v) is 5.81. The molecule has 0 aliphatic heterocycles. The lowest BCUT2D eigenvalue weighted by Crippen LogP contribution is -2.39. The average Bonchev–Trinajstić information content (AvgIpc) is 3.43. The lowest BCUT2D eigenvalue weighted by atomic mass is 10.0. The number of carbonyl (C=O) groups is 2. The molecule has 0 saturated heterocycles. The van der Waals surface area contributed by atoms with Gasteiger partial charge in [-0.2, -0.15) is 0 Å². The second kappa shape index (κ2) is 6.70. The molecule has 0 spiro atoms. The van der Waals surface area contributed by atoms with Gasteiger partial charge in [-0.15, -0.1) is 0 Å². The zero-order chi connectivity index (χ0) is 17.0. The van der Waals surface area contributed by atoms with Crippen molar-refractivity contribution >= 4 is 17.5 Å². The number of carbonyl (C=O) groups excluding carboxylic acids is 2. The molecular formula is C18H19N3O3. The van der Waals surface area contributed by atoms with Crippen molar-refractivity contribution in [2.24, 2.45) is 5.41 Å². The van der Waals surface area contributed by atoms with Crippen LogP contribution in [0.3, 0.4) is 0 Å². The van der Waals surface area contributed by atoms with Crippen molar-refractivity contribution in [1.29, 1.82) is 0 Å². The third kappa shape index (κ3) is 3.37. The van der Waals surface area contributed by atoms with E-state index in [0.29, 0.717) is 30.8 Å². The molecule has 1 heterocycles. The molecule has 1 aliphatic carbocycles. The first-order chi connectivity index (χ1) is 11.6. The number of rotatable bonds is 6. The van der Waals surface area contributed by atoms with Crippen molar-refractivity contribution in [2.45, 2.75) is 19.4 Å². The summed E-state index contributed by atoms with van der Waals surface area (Å²) in [5.41, 5.74) is 0.547. The topological polar surface area (TPSA) is 80.3 Å². The van der Waals surface area contributed by atoms with E-state index in [1.807, 2.05) is 12.1 Å². The molecule has 2 aromatic rings. The van der Waals surface area contributed by atoms with Crippen LogP contribution in [0.15, 0.2) is 48.8 Å². The third-order valence-electron chi connectivity index (χ3n) is 4.12. The largest absolute Gasteiger partial charge is 0.497 e. The van der Waals surface area contributed by atoms with E-state index in [4.69, 9.17) is 4.74 Å². The molecule has 6 nitrogen and oxygen atoms in total. The van der Waals surface area contributed by atoms with Crippen LogP contribution in [0.1, 0.15) is 18.4 Å². The molecule has 6 heteroatoms. The van der Waals surface area contributed by atoms with Gasteiger partial charge in [0.25, 0.3) is 0 Å². The van der Waals surface area contributed by atoms with Crippen LogP contribution >= 0.6 is 0 Å². The fourth-order valence-corrected chi connectivity index (χ4v) is 2.49. The van der Waals surface area contributed by atoms with Crippen LogP contribution in [0, 0.1) is 5.41 Å². The van der Waals surface area contributed by atoms with Crippen molar-refractivity contribution in [1.82, 2.24) is 10.3 Å². The van der Waals surface area contributed by atoms with E-state index in [0.717, 1.165) is 5.56 Å². The fraction of sp³-hybridized carbons (Fsp3) is 0.278. The number of amides is 2. The van der Waals surface area contributed by atoms with Gasteiger partial charge in [0.1, 0.15) is 11.2 Å². The Morgan fingerprint density at radius 1 is 1.21 bits per heavy atom. The molecule has 3 rings (SSSR count). The van der Waals surface area contributed by atoms with E-state index in [9.17, 15) is 9.59 Å². The van der Waals surface area contributed by atoms with Crippen LogP contribution in [0.2, 0.25) is 0 Å². The van der Waals surface area contributed by atoms with E-state index in [-0.39, 0.29) is 11.8 Å². The van der Waals surface area contributed by atoms with Crippen LogP contribution in [-0.2, 0) is 16.1 Å². The standard InChI is InChI=1S/C18H19N3O3/c1-24-15-6-2-5-14(10-15)21-17(23)18(7-8-18)16(22)20-12-13-4-3-9-19-11-13/h2-6,9-11H,7-8,12H2,1H3,(H,20,22)(H,21,23). The van der Waals surface area contributed by atoms with Gasteiger partial charge in [0.2, 0.25) is 11.8 Å². The first kappa shape index (κ1) is 16.0. The Morgan fingerprint density at radius 2 is 2.04 bits per heavy atom. The van der Waals surface area contributed by atoms with Crippen molar-refractivity contribution in [3.8, 4) is 5.75 Å². The van der Waals surface area contributed by atoms with Gasteiger partial charge in [-0.05, 0) is 36.6 Å². The number of pyridine rings is 1. The van der Waals surface area contributed by atoms with Crippen molar-refractivity contribution in [2.75, 3.05) is 12.4 Å². The van der Waals surface area contributed by atoms with E-state index in [1.165, 1.54) is 0 Å². The molecule has 1 fully saturated rings. The van der Waals surface area contributed by atoms with Gasteiger partial charge in [-0.25, -0.2) is 0 Å². The monoisotopic (exact) mass is 325 g/mol. The van der Waals surface area contributed by atoms with Gasteiger partial charge >= 0.3 is 0 Å². The number of anilines is 1. The molecule has 2 amide bonds. The van der Waals surface area contributed by atoms with Crippen LogP contribution in [0.4, 0.5) is 5.69 Å². The predicted molar refractivity (Wildman–Crippen MR) is 89.4 cm³/mol. The number of nitrogens with one attached hydrogen (secondary N) is 2. The SMILES string of the molecule is COc1cccc(NC(=O)C2(C(=O)NCc3cccnc3)CC2)c1. The summed E-state index contributed by atoms with van der Waals surface area (Å²) in [5.74, 6) is 0.130. The molecule has 2 N–H and O–H groups in total. The summed E-state index contributed by atoms with van der Waals surface area (Å²) in [6.45, 7) is 0.362. The van der Waals surface area contributed by atoms with E-state index in [1.54, 1.807) is 43.8 Å². The molecule has 1 aromatic carbocycles. The zero-order valence-electron chi connectivity index (χ0n) is 13.4. The maximum atomic E-state index is 12.5. The maximum absolute atomic E-state index is 12.5. The van der Waals surface area contributed by atoms with Crippen LogP contribution in [0.5, 0.6) is 5.75 Å². The number of benzene rings is 1. The fourth-order valence-electron chi connectivity index (χ4n) is 2.49. The lowest BCUT2D eigenvalue weighted by Gasteiger charge is -2.15. The van der Waals surface area contributed by atoms with Gasteiger partial charge in [-0.3, -0.25) is 14.6 Å². The summed E-state index contributed by atoms with van der Waals surface area (Å²) in [5, 5.41) is 5.63. The van der Waals surface area contributed by atoms with Gasteiger partial charge < -0.3 is 15.4 Å². The highest BCUT2D eigenvalue weighted by atomic mass is 16.5. The van der Waals surface area contributed by atoms with Crippen LogP contribution in [-0.4, -0.2) is 23.9 Å². The molecule has 0 atom stereocenters. The normalized spacial score (nSPS) is 14.5. The summed E-state index contributed by atoms with van der Waals surface area (Å²) in [7, 11) is 1.56. The second-order valence-electron chi connectivity index (χ2n) is 5.81. The molecule has 1 saturated carbocycles. The van der Waals surface area contributed by atoms with Gasteiger partial charge in [0, 0.05) is 30.7 Å². The number of hydrogen-bond acceptors (Lipinski definition) is 4. The third-order valence-corrected chi connectivity index (χ3v) is 4.12. The molecule has 24 heavy (non-hydrogen) atoms. The zero-order valence-corrected chi connectivity index (χ0v) is 13.4. The minimum atomic E-state index is -0.967. The quantitative estimate of drug-likeness (QED) is 0.797. The van der Waals surface area contributed by atoms with Crippen molar-refractivity contribution < 1.29 is 14.3 Å². The van der Waals surface area contributed by atoms with Crippen LogP contribution < -0.4 is 15.4 Å². The number of hydrogen-bond donors (Lipinski definition) is 2. The Labute approximate surface area is 140 Å². The number of ether oxygens (including phenoxy) is 1. The Morgan fingerprint density at radius 3 is 2.71 bits per heavy atom. The number of methoxy groups -OCH3 is 1. The molecular weight excluding hydrogens is 306 g/mol. The van der Waals surface area contributed by atoms with Gasteiger partial charge in [0.05, 0.1) is 7.11 Å². The van der Waals surface area contributed by atoms with Crippen LogP contribution in [0.25, 0.3) is 0 Å². The highest BCUT2D eigenvalue weighted by Crippen LogP contribution is 2.47. The lowest BCUT2D eigenvalue weighted by molar-refractivity contribution is -0.134. The minimum Gasteiger partial charge on any atom is -0.497 e. The summed E-state index contributed by atoms with van der Waals surface area (Å²) >= 11 is 0. The summed E-state index contributed by atoms with van der Waals surface area (Å²) < 4.78 is 5.14. The molecule has 1 aliphatic rings. The summed E-state index contributed by atoms with van der Waals surface area (Å²) in [6, 6.07) is 10.8. The van der Waals surface area contributed by atoms with Gasteiger partial charge in [0.15, 0.2) is 0 Å². The number of aromatic nitrogens is 1. The first-order valence-electron chi connectivity index (χ1n) is 7.77. The molecule has 124 valence electrons. The first-order valence-corrected chi connectivity index (χ1v) is 7.77. The van der Waals surface area contributed by atoms with Crippen molar-refractivity contribution in [3.63, 3.8) is 0 Å². The molecule has 0 bridgehead atoms. The summed E-state index contributed by atoms with van der Waals surface area (Å²) in [6.07, 6.45) is 4.48. The highest BCUT2D eigenvalue weighted by molar-refractivity contribution is 6.13. The Kier molecular flexibility index (Phi) is 4.46. The molecule has 0 unspecified atom stereocenters. The Hall–Kier alpha value is -2.89. The molecule has 1 aromatic heterocycles. The Balaban J connectivity index is 1.62. The highest BCUT2D eigenvalue weighted by Gasteiger charge is 2.56. The van der Waals surface area contributed by atoms with E-state index >= 15 is 0 Å². The number of nitrogens with zero attached hydrogens (tertiary/aromatic N) is 1. The molecule has 0 radical (unpaired) electrons. The smallest absolute Gasteiger partial charge is 0.240 e. The van der Waals surface area contributed by atoms with Crippen molar-refractivity contribution in [3.05, 3.63) is 54.4 Å². The minimum absolute atomic E-state index is 0.244. The predicted octanol–water partition coefficient (Wildman–Crippen LogP) is 2.13. The van der Waals surface area contributed by atoms with E-state index < -0.39 is 5.41 Å².